The zero-order valence-corrected chi connectivity index (χ0v) is 18.3. The third-order valence-corrected chi connectivity index (χ3v) is 5.80. The third-order valence-electron chi connectivity index (χ3n) is 4.49. The maximum atomic E-state index is 12.7. The van der Waals surface area contributed by atoms with E-state index in [0.717, 1.165) is 11.6 Å². The predicted molar refractivity (Wildman–Crippen MR) is 120 cm³/mol. The van der Waals surface area contributed by atoms with Gasteiger partial charge < -0.3 is 14.5 Å². The van der Waals surface area contributed by atoms with Crippen LogP contribution in [0.2, 0.25) is 0 Å². The number of hydrogen-bond donors (Lipinski definition) is 3. The Morgan fingerprint density at radius 1 is 1.19 bits per heavy atom. The number of furan rings is 1. The molecule has 0 fully saturated rings. The van der Waals surface area contributed by atoms with Gasteiger partial charge in [0.25, 0.3) is 5.91 Å². The number of amides is 1. The van der Waals surface area contributed by atoms with Crippen molar-refractivity contribution in [3.63, 3.8) is 0 Å². The Balaban J connectivity index is 1.68. The van der Waals surface area contributed by atoms with E-state index in [-0.39, 0.29) is 29.5 Å². The van der Waals surface area contributed by atoms with Crippen LogP contribution in [-0.4, -0.2) is 49.2 Å². The summed E-state index contributed by atoms with van der Waals surface area (Å²) in [7, 11) is -3.22. The molecule has 1 aromatic heterocycles. The minimum Gasteiger partial charge on any atom is -0.491 e. The van der Waals surface area contributed by atoms with Gasteiger partial charge in [0.2, 0.25) is 0 Å². The molecular weight excluding hydrogens is 440 g/mol. The van der Waals surface area contributed by atoms with Crippen molar-refractivity contribution >= 4 is 43.9 Å². The first-order chi connectivity index (χ1) is 14.7. The van der Waals surface area contributed by atoms with Crippen molar-refractivity contribution in [2.24, 2.45) is 0 Å². The van der Waals surface area contributed by atoms with Crippen molar-refractivity contribution in [1.29, 1.82) is 0 Å². The molecule has 3 rings (SSSR count). The van der Waals surface area contributed by atoms with Gasteiger partial charge in [-0.2, -0.15) is 0 Å². The van der Waals surface area contributed by atoms with Crippen molar-refractivity contribution in [3.05, 3.63) is 65.9 Å². The van der Waals surface area contributed by atoms with E-state index in [0.29, 0.717) is 16.9 Å². The third kappa shape index (κ3) is 6.51. The van der Waals surface area contributed by atoms with E-state index >= 15 is 0 Å². The van der Waals surface area contributed by atoms with Gasteiger partial charge in [0.1, 0.15) is 32.8 Å². The summed E-state index contributed by atoms with van der Waals surface area (Å²) >= 11 is 4.94. The molecule has 1 amide bonds. The fraction of sp³-hybridized carbons (Fsp3) is 0.238. The second kappa shape index (κ2) is 9.90. The van der Waals surface area contributed by atoms with Gasteiger partial charge in [-0.25, -0.2) is 8.42 Å². The number of hydroxylamine groups is 1. The predicted octanol–water partition coefficient (Wildman–Crippen LogP) is 2.70. The number of sulfone groups is 1. The topological polar surface area (TPSA) is 118 Å². The van der Waals surface area contributed by atoms with E-state index in [1.165, 1.54) is 0 Å². The van der Waals surface area contributed by atoms with Crippen LogP contribution < -0.4 is 15.5 Å². The van der Waals surface area contributed by atoms with Crippen LogP contribution in [0, 0.1) is 0 Å². The number of rotatable bonds is 9. The molecule has 0 aliphatic heterocycles. The van der Waals surface area contributed by atoms with Gasteiger partial charge in [0.05, 0.1) is 11.8 Å². The highest BCUT2D eigenvalue weighted by Gasteiger charge is 2.19. The van der Waals surface area contributed by atoms with Gasteiger partial charge in [-0.3, -0.25) is 15.5 Å². The number of fused-ring (bicyclic) bond motifs is 1. The number of nitrogens with one attached hydrogen (secondary N) is 2. The molecule has 0 radical (unpaired) electrons. The minimum absolute atomic E-state index is 0.0591. The highest BCUT2D eigenvalue weighted by atomic mass is 32.2. The number of carbonyl (C=O) groups is 1. The largest absolute Gasteiger partial charge is 0.491 e. The van der Waals surface area contributed by atoms with Crippen molar-refractivity contribution in [2.45, 2.75) is 12.5 Å². The van der Waals surface area contributed by atoms with Crippen LogP contribution in [0.3, 0.4) is 0 Å². The number of hydrogen-bond acceptors (Lipinski definition) is 7. The normalized spacial score (nSPS) is 12.3. The molecule has 0 bridgehead atoms. The molecule has 0 unspecified atom stereocenters. The van der Waals surface area contributed by atoms with Crippen LogP contribution in [0.15, 0.2) is 59.0 Å². The second-order valence-electron chi connectivity index (χ2n) is 7.01. The van der Waals surface area contributed by atoms with Crippen LogP contribution >= 0.6 is 12.2 Å². The number of ether oxygens (including phenoxy) is 1. The molecule has 0 aliphatic rings. The van der Waals surface area contributed by atoms with Gasteiger partial charge in [0, 0.05) is 17.2 Å². The lowest BCUT2D eigenvalue weighted by molar-refractivity contribution is 0.0894. The standard InChI is InChI=1S/C21H22N2O6S2/c1-31(26,27)11-10-16(13-28-17-8-6-14(7-9-17)21(30)23-25)22-20(24)19-12-15-4-2-3-5-18(15)29-19/h2-9,12,16,25H,10-11,13H2,1H3,(H,22,24)(H,23,30)/t16-/m0/s1. The van der Waals surface area contributed by atoms with Crippen LogP contribution in [0.4, 0.5) is 0 Å². The molecule has 3 N–H and O–H groups in total. The lowest BCUT2D eigenvalue weighted by atomic mass is 10.2. The van der Waals surface area contributed by atoms with E-state index in [1.807, 2.05) is 23.7 Å². The van der Waals surface area contributed by atoms with E-state index in [1.54, 1.807) is 36.4 Å². The van der Waals surface area contributed by atoms with Crippen molar-refractivity contribution in [3.8, 4) is 5.75 Å². The van der Waals surface area contributed by atoms with Crippen LogP contribution in [0.5, 0.6) is 5.75 Å². The van der Waals surface area contributed by atoms with Gasteiger partial charge in [-0.1, -0.05) is 30.4 Å². The average molecular weight is 463 g/mol. The Kier molecular flexibility index (Phi) is 7.26. The SMILES string of the molecule is CS(=O)(=O)CC[C@@H](COc1ccc(C(=S)NO)cc1)NC(=O)c1cc2ccccc2o1. The molecule has 2 aromatic carbocycles. The summed E-state index contributed by atoms with van der Waals surface area (Å²) in [5, 5.41) is 12.5. The summed E-state index contributed by atoms with van der Waals surface area (Å²) in [6.45, 7) is 0.0591. The summed E-state index contributed by atoms with van der Waals surface area (Å²) in [6.07, 6.45) is 1.32. The Morgan fingerprint density at radius 3 is 2.55 bits per heavy atom. The van der Waals surface area contributed by atoms with Gasteiger partial charge >= 0.3 is 0 Å². The van der Waals surface area contributed by atoms with E-state index in [4.69, 9.17) is 26.6 Å². The zero-order valence-electron chi connectivity index (χ0n) is 16.7. The van der Waals surface area contributed by atoms with Crippen molar-refractivity contribution in [1.82, 2.24) is 10.8 Å². The summed E-state index contributed by atoms with van der Waals surface area (Å²) in [5.41, 5.74) is 3.10. The first-order valence-electron chi connectivity index (χ1n) is 9.39. The summed E-state index contributed by atoms with van der Waals surface area (Å²) < 4.78 is 34.5. The number of para-hydroxylation sites is 1. The van der Waals surface area contributed by atoms with E-state index in [9.17, 15) is 13.2 Å². The molecule has 0 aliphatic carbocycles. The first-order valence-corrected chi connectivity index (χ1v) is 11.9. The quantitative estimate of drug-likeness (QED) is 0.328. The van der Waals surface area contributed by atoms with Gasteiger partial charge in [-0.15, -0.1) is 0 Å². The lowest BCUT2D eigenvalue weighted by Gasteiger charge is -2.18. The molecule has 0 saturated carbocycles. The van der Waals surface area contributed by atoms with Crippen LogP contribution in [-0.2, 0) is 9.84 Å². The van der Waals surface area contributed by atoms with Crippen molar-refractivity contribution < 1.29 is 27.6 Å². The van der Waals surface area contributed by atoms with Gasteiger partial charge in [0.15, 0.2) is 5.76 Å². The monoisotopic (exact) mass is 462 g/mol. The lowest BCUT2D eigenvalue weighted by Crippen LogP contribution is -2.40. The molecule has 1 heterocycles. The number of thiocarbonyl (C=S) groups is 1. The zero-order chi connectivity index (χ0) is 22.4. The minimum atomic E-state index is -3.22. The van der Waals surface area contributed by atoms with Gasteiger partial charge in [-0.05, 0) is 42.8 Å². The van der Waals surface area contributed by atoms with E-state index < -0.39 is 21.8 Å². The maximum Gasteiger partial charge on any atom is 0.287 e. The molecule has 0 spiro atoms. The molecular formula is C21H22N2O6S2. The highest BCUT2D eigenvalue weighted by Crippen LogP contribution is 2.19. The first kappa shape index (κ1) is 22.7. The highest BCUT2D eigenvalue weighted by molar-refractivity contribution is 7.90. The molecule has 8 nitrogen and oxygen atoms in total. The molecule has 10 heteroatoms. The number of carbonyl (C=O) groups excluding carboxylic acids is 1. The molecule has 31 heavy (non-hydrogen) atoms. The smallest absolute Gasteiger partial charge is 0.287 e. The van der Waals surface area contributed by atoms with E-state index in [2.05, 4.69) is 5.32 Å². The molecule has 3 aromatic rings. The average Bonchev–Trinajstić information content (AvgIpc) is 3.19. The summed E-state index contributed by atoms with van der Waals surface area (Å²) in [5.74, 6) is 0.0939. The Morgan fingerprint density at radius 2 is 1.90 bits per heavy atom. The number of benzene rings is 2. The summed E-state index contributed by atoms with van der Waals surface area (Å²) in [6, 6.07) is 15.0. The van der Waals surface area contributed by atoms with Crippen LogP contribution in [0.25, 0.3) is 11.0 Å². The fourth-order valence-corrected chi connectivity index (χ4v) is 3.72. The Hall–Kier alpha value is -2.95. The molecule has 164 valence electrons. The van der Waals surface area contributed by atoms with Crippen molar-refractivity contribution in [2.75, 3.05) is 18.6 Å². The Labute approximate surface area is 185 Å². The Bertz CT molecular complexity index is 1140. The molecule has 1 atom stereocenters. The maximum absolute atomic E-state index is 12.7. The molecule has 0 saturated heterocycles. The second-order valence-corrected chi connectivity index (χ2v) is 9.68. The summed E-state index contributed by atoms with van der Waals surface area (Å²) in [4.78, 5) is 12.8. The van der Waals surface area contributed by atoms with Crippen LogP contribution in [0.1, 0.15) is 22.5 Å². The fourth-order valence-electron chi connectivity index (χ4n) is 2.87.